The molecule has 0 saturated heterocycles. The highest BCUT2D eigenvalue weighted by molar-refractivity contribution is 6.35. The summed E-state index contributed by atoms with van der Waals surface area (Å²) in [5.41, 5.74) is 2.59. The van der Waals surface area contributed by atoms with Crippen LogP contribution >= 0.6 is 11.6 Å². The van der Waals surface area contributed by atoms with Crippen molar-refractivity contribution in [2.45, 2.75) is 0 Å². The maximum Gasteiger partial charge on any atom is 0.212 e. The van der Waals surface area contributed by atoms with Gasteiger partial charge < -0.3 is 5.32 Å². The van der Waals surface area contributed by atoms with Crippen molar-refractivity contribution < 1.29 is 9.18 Å². The van der Waals surface area contributed by atoms with Crippen molar-refractivity contribution >= 4 is 40.2 Å². The molecule has 1 amide bonds. The van der Waals surface area contributed by atoms with E-state index in [4.69, 9.17) is 11.6 Å². The lowest BCUT2D eigenvalue weighted by molar-refractivity contribution is -0.105. The fourth-order valence-electron chi connectivity index (χ4n) is 2.60. The molecule has 0 aliphatic heterocycles. The Kier molecular flexibility index (Phi) is 3.02. The normalized spacial score (nSPS) is 11.2. The Hall–Kier alpha value is -2.93. The van der Waals surface area contributed by atoms with Gasteiger partial charge in [0.15, 0.2) is 5.82 Å². The van der Waals surface area contributed by atoms with Crippen LogP contribution in [0, 0.1) is 5.82 Å². The number of rotatable bonds is 3. The summed E-state index contributed by atoms with van der Waals surface area (Å²) in [7, 11) is 0. The average molecular weight is 330 g/mol. The van der Waals surface area contributed by atoms with Gasteiger partial charge >= 0.3 is 0 Å². The predicted octanol–water partition coefficient (Wildman–Crippen LogP) is 3.24. The number of aromatic amines is 1. The molecule has 2 N–H and O–H groups in total. The third-order valence-corrected chi connectivity index (χ3v) is 3.97. The largest absolute Gasteiger partial charge is 0.312 e. The lowest BCUT2D eigenvalue weighted by Gasteiger charge is -2.08. The second-order valence-electron chi connectivity index (χ2n) is 4.96. The molecule has 0 unspecified atom stereocenters. The number of hydrogen-bond acceptors (Lipinski definition) is 3. The van der Waals surface area contributed by atoms with Gasteiger partial charge in [0, 0.05) is 29.3 Å². The number of nitrogens with one attached hydrogen (secondary N) is 2. The molecule has 0 spiro atoms. The smallest absolute Gasteiger partial charge is 0.212 e. The number of hydrogen-bond donors (Lipinski definition) is 2. The van der Waals surface area contributed by atoms with Crippen LogP contribution in [-0.2, 0) is 4.79 Å². The van der Waals surface area contributed by atoms with Gasteiger partial charge in [0.25, 0.3) is 0 Å². The van der Waals surface area contributed by atoms with Gasteiger partial charge in [0.1, 0.15) is 5.82 Å². The number of benzene rings is 1. The highest BCUT2D eigenvalue weighted by atomic mass is 35.5. The van der Waals surface area contributed by atoms with E-state index in [0.29, 0.717) is 23.3 Å². The highest BCUT2D eigenvalue weighted by Crippen LogP contribution is 2.37. The summed E-state index contributed by atoms with van der Waals surface area (Å²) in [6.07, 6.45) is 3.88. The third kappa shape index (κ3) is 2.13. The zero-order chi connectivity index (χ0) is 16.0. The van der Waals surface area contributed by atoms with E-state index in [1.807, 2.05) is 6.07 Å². The molecular formula is C15H9ClFN5O. The molecule has 8 heteroatoms. The molecule has 0 atom stereocenters. The van der Waals surface area contributed by atoms with Crippen LogP contribution in [0.15, 0.2) is 36.7 Å². The Morgan fingerprint density at radius 2 is 2.22 bits per heavy atom. The van der Waals surface area contributed by atoms with Crippen LogP contribution in [0.5, 0.6) is 0 Å². The first kappa shape index (κ1) is 13.7. The number of H-pyrrole nitrogens is 1. The summed E-state index contributed by atoms with van der Waals surface area (Å²) in [6, 6.07) is 6.61. The summed E-state index contributed by atoms with van der Waals surface area (Å²) in [6.45, 7) is 0. The summed E-state index contributed by atoms with van der Waals surface area (Å²) >= 11 is 6.17. The number of amides is 1. The molecule has 4 rings (SSSR count). The molecule has 0 saturated carbocycles. The molecular weight excluding hydrogens is 321 g/mol. The SMILES string of the molecule is O=CNc1cc2cc(-c3c(Cl)c(F)cc4[nH]ncc34)ccn2n1. The van der Waals surface area contributed by atoms with E-state index in [2.05, 4.69) is 20.6 Å². The lowest BCUT2D eigenvalue weighted by Crippen LogP contribution is -1.94. The fraction of sp³-hybridized carbons (Fsp3) is 0. The maximum absolute atomic E-state index is 14.0. The van der Waals surface area contributed by atoms with Crippen LogP contribution < -0.4 is 5.32 Å². The van der Waals surface area contributed by atoms with E-state index in [0.717, 1.165) is 16.5 Å². The van der Waals surface area contributed by atoms with Gasteiger partial charge in [-0.2, -0.15) is 10.2 Å². The first-order valence-electron chi connectivity index (χ1n) is 6.68. The number of anilines is 1. The van der Waals surface area contributed by atoms with Crippen molar-refractivity contribution in [3.8, 4) is 11.1 Å². The number of nitrogens with zero attached hydrogens (tertiary/aromatic N) is 3. The molecule has 0 aliphatic rings. The monoisotopic (exact) mass is 329 g/mol. The van der Waals surface area contributed by atoms with Crippen LogP contribution in [0.25, 0.3) is 27.5 Å². The molecule has 4 aromatic rings. The van der Waals surface area contributed by atoms with Crippen molar-refractivity contribution in [2.75, 3.05) is 5.32 Å². The molecule has 1 aromatic carbocycles. The first-order valence-corrected chi connectivity index (χ1v) is 7.06. The minimum Gasteiger partial charge on any atom is -0.312 e. The van der Waals surface area contributed by atoms with Crippen LogP contribution in [0.4, 0.5) is 10.2 Å². The van der Waals surface area contributed by atoms with E-state index in [-0.39, 0.29) is 5.02 Å². The second kappa shape index (κ2) is 5.06. The van der Waals surface area contributed by atoms with Crippen molar-refractivity contribution in [1.29, 1.82) is 0 Å². The Balaban J connectivity index is 1.96. The predicted molar refractivity (Wildman–Crippen MR) is 84.9 cm³/mol. The van der Waals surface area contributed by atoms with Gasteiger partial charge in [-0.3, -0.25) is 9.89 Å². The van der Waals surface area contributed by atoms with Gasteiger partial charge in [-0.1, -0.05) is 11.6 Å². The molecule has 114 valence electrons. The maximum atomic E-state index is 14.0. The van der Waals surface area contributed by atoms with Crippen molar-refractivity contribution in [3.05, 3.63) is 47.5 Å². The molecule has 23 heavy (non-hydrogen) atoms. The van der Waals surface area contributed by atoms with Crippen LogP contribution in [0.2, 0.25) is 5.02 Å². The van der Waals surface area contributed by atoms with Crippen LogP contribution in [0.3, 0.4) is 0 Å². The van der Waals surface area contributed by atoms with E-state index in [1.54, 1.807) is 29.0 Å². The van der Waals surface area contributed by atoms with Crippen LogP contribution in [-0.4, -0.2) is 26.2 Å². The average Bonchev–Trinajstić information content (AvgIpc) is 3.14. The number of pyridine rings is 1. The molecule has 0 aliphatic carbocycles. The zero-order valence-electron chi connectivity index (χ0n) is 11.5. The second-order valence-corrected chi connectivity index (χ2v) is 5.33. The van der Waals surface area contributed by atoms with E-state index >= 15 is 0 Å². The Morgan fingerprint density at radius 3 is 3.04 bits per heavy atom. The molecule has 3 aromatic heterocycles. The number of fused-ring (bicyclic) bond motifs is 2. The highest BCUT2D eigenvalue weighted by Gasteiger charge is 2.16. The Morgan fingerprint density at radius 1 is 1.35 bits per heavy atom. The Bertz CT molecular complexity index is 1050. The number of halogens is 2. The minimum absolute atomic E-state index is 0.0361. The minimum atomic E-state index is -0.518. The van der Waals surface area contributed by atoms with Crippen molar-refractivity contribution in [2.24, 2.45) is 0 Å². The number of aromatic nitrogens is 4. The van der Waals surface area contributed by atoms with Gasteiger partial charge in [-0.05, 0) is 17.7 Å². The fourth-order valence-corrected chi connectivity index (χ4v) is 2.86. The van der Waals surface area contributed by atoms with Gasteiger partial charge in [0.2, 0.25) is 6.41 Å². The van der Waals surface area contributed by atoms with E-state index in [9.17, 15) is 9.18 Å². The molecule has 0 radical (unpaired) electrons. The molecule has 6 nitrogen and oxygen atoms in total. The Labute approximate surface area is 133 Å². The number of carbonyl (C=O) groups is 1. The third-order valence-electron chi connectivity index (χ3n) is 3.60. The van der Waals surface area contributed by atoms with E-state index < -0.39 is 5.82 Å². The quantitative estimate of drug-likeness (QED) is 0.567. The van der Waals surface area contributed by atoms with E-state index in [1.165, 1.54) is 6.07 Å². The molecule has 0 fully saturated rings. The molecule has 0 bridgehead atoms. The van der Waals surface area contributed by atoms with Crippen molar-refractivity contribution in [3.63, 3.8) is 0 Å². The summed E-state index contributed by atoms with van der Waals surface area (Å²) < 4.78 is 15.7. The lowest BCUT2D eigenvalue weighted by atomic mass is 10.0. The van der Waals surface area contributed by atoms with Gasteiger partial charge in [-0.15, -0.1) is 0 Å². The van der Waals surface area contributed by atoms with Gasteiger partial charge in [-0.25, -0.2) is 8.91 Å². The van der Waals surface area contributed by atoms with Crippen LogP contribution in [0.1, 0.15) is 0 Å². The summed E-state index contributed by atoms with van der Waals surface area (Å²) in [5, 5.41) is 14.1. The van der Waals surface area contributed by atoms with Crippen molar-refractivity contribution in [1.82, 2.24) is 19.8 Å². The number of carbonyl (C=O) groups excluding carboxylic acids is 1. The zero-order valence-corrected chi connectivity index (χ0v) is 12.3. The standard InChI is InChI=1S/C15H9ClFN5O/c16-15-11(17)5-12-10(6-19-20-12)14(15)8-1-2-22-9(3-8)4-13(21-22)18-7-23/h1-7H,(H,19,20)(H,18,21,23). The summed E-state index contributed by atoms with van der Waals surface area (Å²) in [4.78, 5) is 10.5. The summed E-state index contributed by atoms with van der Waals surface area (Å²) in [5.74, 6) is -0.0916. The molecule has 3 heterocycles. The topological polar surface area (TPSA) is 75.1 Å². The first-order chi connectivity index (χ1) is 11.2. The van der Waals surface area contributed by atoms with Gasteiger partial charge in [0.05, 0.1) is 22.3 Å².